The van der Waals surface area contributed by atoms with Crippen LogP contribution in [0, 0.1) is 17.1 Å². The van der Waals surface area contributed by atoms with Crippen molar-refractivity contribution in [3.8, 4) is 17.6 Å². The molecule has 0 atom stereocenters. The lowest BCUT2D eigenvalue weighted by Gasteiger charge is -2.10. The Balaban J connectivity index is 1.79. The van der Waals surface area contributed by atoms with Crippen LogP contribution in [0.4, 0.5) is 10.1 Å². The van der Waals surface area contributed by atoms with Crippen molar-refractivity contribution in [2.45, 2.75) is 6.42 Å². The number of carbonyl (C=O) groups excluding carboxylic acids is 1. The van der Waals surface area contributed by atoms with Gasteiger partial charge in [-0.25, -0.2) is 4.39 Å². The normalized spacial score (nSPS) is 10.8. The highest BCUT2D eigenvalue weighted by Gasteiger charge is 2.11. The summed E-state index contributed by atoms with van der Waals surface area (Å²) >= 11 is 0. The molecule has 3 rings (SSSR count). The summed E-state index contributed by atoms with van der Waals surface area (Å²) in [6.45, 7) is 0. The van der Waals surface area contributed by atoms with Gasteiger partial charge < -0.3 is 14.8 Å². The van der Waals surface area contributed by atoms with Crippen LogP contribution in [0.15, 0.2) is 72.3 Å². The molecule has 0 aliphatic heterocycles. The quantitative estimate of drug-likeness (QED) is 0.436. The van der Waals surface area contributed by atoms with Crippen molar-refractivity contribution >= 4 is 17.7 Å². The number of benzene rings is 3. The van der Waals surface area contributed by atoms with E-state index in [4.69, 9.17) is 9.47 Å². The van der Waals surface area contributed by atoms with Crippen LogP contribution in [0.1, 0.15) is 16.7 Å². The number of halogens is 1. The van der Waals surface area contributed by atoms with Crippen LogP contribution in [-0.2, 0) is 11.2 Å². The maximum Gasteiger partial charge on any atom is 0.266 e. The molecule has 0 aliphatic carbocycles. The third kappa shape index (κ3) is 5.71. The van der Waals surface area contributed by atoms with Crippen molar-refractivity contribution in [1.82, 2.24) is 0 Å². The van der Waals surface area contributed by atoms with E-state index in [0.29, 0.717) is 29.2 Å². The summed E-state index contributed by atoms with van der Waals surface area (Å²) in [5.41, 5.74) is 2.83. The van der Waals surface area contributed by atoms with Crippen LogP contribution in [-0.4, -0.2) is 20.1 Å². The van der Waals surface area contributed by atoms with E-state index in [2.05, 4.69) is 5.32 Å². The highest BCUT2D eigenvalue weighted by atomic mass is 19.1. The fraction of sp³-hybridized carbons (Fsp3) is 0.120. The molecule has 0 fully saturated rings. The maximum absolute atomic E-state index is 13.5. The van der Waals surface area contributed by atoms with E-state index in [1.54, 1.807) is 56.7 Å². The van der Waals surface area contributed by atoms with E-state index in [-0.39, 0.29) is 11.4 Å². The van der Waals surface area contributed by atoms with Crippen molar-refractivity contribution < 1.29 is 18.7 Å². The molecule has 0 aromatic heterocycles. The molecule has 1 amide bonds. The van der Waals surface area contributed by atoms with Crippen molar-refractivity contribution in [1.29, 1.82) is 5.26 Å². The number of ether oxygens (including phenoxy) is 2. The average molecular weight is 416 g/mol. The third-order valence-electron chi connectivity index (χ3n) is 4.62. The van der Waals surface area contributed by atoms with E-state index in [0.717, 1.165) is 11.1 Å². The number of rotatable bonds is 7. The first kappa shape index (κ1) is 21.6. The molecule has 156 valence electrons. The van der Waals surface area contributed by atoms with Crippen molar-refractivity contribution in [3.63, 3.8) is 0 Å². The van der Waals surface area contributed by atoms with Crippen LogP contribution in [0.25, 0.3) is 6.08 Å². The smallest absolute Gasteiger partial charge is 0.266 e. The highest BCUT2D eigenvalue weighted by Crippen LogP contribution is 2.25. The minimum Gasteiger partial charge on any atom is -0.497 e. The number of amides is 1. The third-order valence-corrected chi connectivity index (χ3v) is 4.62. The number of hydrogen-bond donors (Lipinski definition) is 1. The zero-order valence-corrected chi connectivity index (χ0v) is 17.2. The van der Waals surface area contributed by atoms with E-state index < -0.39 is 5.91 Å². The number of methoxy groups -OCH3 is 2. The lowest BCUT2D eigenvalue weighted by Crippen LogP contribution is -2.13. The molecule has 0 radical (unpaired) electrons. The van der Waals surface area contributed by atoms with Gasteiger partial charge in [0.05, 0.1) is 14.2 Å². The largest absolute Gasteiger partial charge is 0.497 e. The van der Waals surface area contributed by atoms with E-state index >= 15 is 0 Å². The first-order valence-electron chi connectivity index (χ1n) is 9.51. The van der Waals surface area contributed by atoms with Crippen LogP contribution in [0.3, 0.4) is 0 Å². The molecule has 0 bridgehead atoms. The molecule has 0 aliphatic rings. The SMILES string of the molecule is COc1ccc(NC(=O)/C(C#N)=C/c2ccc(Cc3cccc(F)c3)c(OC)c2)cc1. The molecule has 0 saturated heterocycles. The molecule has 1 N–H and O–H groups in total. The van der Waals surface area contributed by atoms with E-state index in [9.17, 15) is 14.4 Å². The van der Waals surface area contributed by atoms with Gasteiger partial charge in [-0.15, -0.1) is 0 Å². The summed E-state index contributed by atoms with van der Waals surface area (Å²) in [7, 11) is 3.10. The first-order valence-corrected chi connectivity index (χ1v) is 9.51. The van der Waals surface area contributed by atoms with Gasteiger partial charge in [0.2, 0.25) is 0 Å². The average Bonchev–Trinajstić information content (AvgIpc) is 2.78. The summed E-state index contributed by atoms with van der Waals surface area (Å²) in [6.07, 6.45) is 1.99. The van der Waals surface area contributed by atoms with Gasteiger partial charge >= 0.3 is 0 Å². The van der Waals surface area contributed by atoms with Gasteiger partial charge in [-0.3, -0.25) is 4.79 Å². The molecule has 0 heterocycles. The van der Waals surface area contributed by atoms with Gasteiger partial charge in [0.15, 0.2) is 0 Å². The van der Waals surface area contributed by atoms with Crippen LogP contribution in [0.2, 0.25) is 0 Å². The van der Waals surface area contributed by atoms with Crippen LogP contribution >= 0.6 is 0 Å². The summed E-state index contributed by atoms with van der Waals surface area (Å²) in [4.78, 5) is 12.5. The molecule has 5 nitrogen and oxygen atoms in total. The minimum absolute atomic E-state index is 0.0456. The van der Waals surface area contributed by atoms with Crippen LogP contribution in [0.5, 0.6) is 11.5 Å². The number of nitrogens with one attached hydrogen (secondary N) is 1. The Hall–Kier alpha value is -4.11. The Bertz CT molecular complexity index is 1150. The number of hydrogen-bond acceptors (Lipinski definition) is 4. The Morgan fingerprint density at radius 1 is 1.06 bits per heavy atom. The zero-order valence-electron chi connectivity index (χ0n) is 17.2. The summed E-state index contributed by atoms with van der Waals surface area (Å²) in [5, 5.41) is 12.1. The Kier molecular flexibility index (Phi) is 7.02. The molecule has 0 spiro atoms. The molecular formula is C25H21FN2O3. The predicted molar refractivity (Wildman–Crippen MR) is 117 cm³/mol. The van der Waals surface area contributed by atoms with Crippen LogP contribution < -0.4 is 14.8 Å². The number of anilines is 1. The van der Waals surface area contributed by atoms with Gasteiger partial charge in [-0.1, -0.05) is 24.3 Å². The molecule has 6 heteroatoms. The molecule has 3 aromatic carbocycles. The summed E-state index contributed by atoms with van der Waals surface area (Å²) < 4.78 is 24.0. The van der Waals surface area contributed by atoms with Gasteiger partial charge in [-0.05, 0) is 65.2 Å². The minimum atomic E-state index is -0.518. The second-order valence-electron chi connectivity index (χ2n) is 6.73. The van der Waals surface area contributed by atoms with Gasteiger partial charge in [0.1, 0.15) is 29.0 Å². The predicted octanol–water partition coefficient (Wildman–Crippen LogP) is 4.98. The molecular weight excluding hydrogens is 395 g/mol. The second-order valence-corrected chi connectivity index (χ2v) is 6.73. The van der Waals surface area contributed by atoms with Gasteiger partial charge in [0.25, 0.3) is 5.91 Å². The number of carbonyl (C=O) groups is 1. The summed E-state index contributed by atoms with van der Waals surface area (Å²) in [5.74, 6) is 0.443. The topological polar surface area (TPSA) is 71.3 Å². The lowest BCUT2D eigenvalue weighted by molar-refractivity contribution is -0.112. The maximum atomic E-state index is 13.5. The second kappa shape index (κ2) is 10.1. The van der Waals surface area contributed by atoms with Crippen molar-refractivity contribution in [2.24, 2.45) is 0 Å². The lowest BCUT2D eigenvalue weighted by atomic mass is 10.0. The fourth-order valence-corrected chi connectivity index (χ4v) is 3.05. The molecule has 31 heavy (non-hydrogen) atoms. The monoisotopic (exact) mass is 416 g/mol. The first-order chi connectivity index (χ1) is 15.0. The number of nitrogens with zero attached hydrogens (tertiary/aromatic N) is 1. The summed E-state index contributed by atoms with van der Waals surface area (Å²) in [6, 6.07) is 20.5. The molecule has 0 unspecified atom stereocenters. The molecule has 0 saturated carbocycles. The van der Waals surface area contributed by atoms with Crippen molar-refractivity contribution in [3.05, 3.63) is 94.8 Å². The van der Waals surface area contributed by atoms with E-state index in [1.807, 2.05) is 18.2 Å². The van der Waals surface area contributed by atoms with Gasteiger partial charge in [0, 0.05) is 12.1 Å². The zero-order chi connectivity index (χ0) is 22.2. The Labute approximate surface area is 180 Å². The highest BCUT2D eigenvalue weighted by molar-refractivity contribution is 6.09. The Morgan fingerprint density at radius 3 is 2.48 bits per heavy atom. The number of nitriles is 1. The van der Waals surface area contributed by atoms with Crippen molar-refractivity contribution in [2.75, 3.05) is 19.5 Å². The standard InChI is InChI=1S/C25H21FN2O3/c1-30-23-10-8-22(9-11-23)28-25(29)20(16-27)13-18-6-7-19(24(15-18)31-2)12-17-4-3-5-21(26)14-17/h3-11,13-15H,12H2,1-2H3,(H,28,29)/b20-13+. The van der Waals surface area contributed by atoms with Gasteiger partial charge in [-0.2, -0.15) is 5.26 Å². The Morgan fingerprint density at radius 2 is 1.84 bits per heavy atom. The van der Waals surface area contributed by atoms with E-state index in [1.165, 1.54) is 18.2 Å². The molecule has 3 aromatic rings. The fourth-order valence-electron chi connectivity index (χ4n) is 3.05.